The Hall–Kier alpha value is -0.160. The summed E-state index contributed by atoms with van der Waals surface area (Å²) < 4.78 is 5.85. The van der Waals surface area contributed by atoms with Crippen molar-refractivity contribution >= 4 is 0 Å². The van der Waals surface area contributed by atoms with Crippen LogP contribution in [0.3, 0.4) is 0 Å². The van der Waals surface area contributed by atoms with Crippen molar-refractivity contribution in [2.75, 3.05) is 39.3 Å². The third kappa shape index (κ3) is 2.87. The van der Waals surface area contributed by atoms with E-state index in [1.165, 1.54) is 25.9 Å². The summed E-state index contributed by atoms with van der Waals surface area (Å²) in [5.41, 5.74) is 6.37. The smallest absolute Gasteiger partial charge is 0.0678 e. The van der Waals surface area contributed by atoms with Crippen molar-refractivity contribution in [1.29, 1.82) is 0 Å². The van der Waals surface area contributed by atoms with Gasteiger partial charge < -0.3 is 15.4 Å². The van der Waals surface area contributed by atoms with Gasteiger partial charge in [-0.15, -0.1) is 0 Å². The van der Waals surface area contributed by atoms with Crippen LogP contribution in [0.25, 0.3) is 0 Å². The number of rotatable bonds is 3. The lowest BCUT2D eigenvalue weighted by Crippen LogP contribution is -2.64. The highest BCUT2D eigenvalue weighted by atomic mass is 16.5. The second kappa shape index (κ2) is 5.87. The van der Waals surface area contributed by atoms with E-state index in [2.05, 4.69) is 30.6 Å². The first-order chi connectivity index (χ1) is 8.59. The summed E-state index contributed by atoms with van der Waals surface area (Å²) in [4.78, 5) is 5.14. The van der Waals surface area contributed by atoms with Gasteiger partial charge in [-0.25, -0.2) is 0 Å². The lowest BCUT2D eigenvalue weighted by atomic mass is 9.84. The highest BCUT2D eigenvalue weighted by molar-refractivity contribution is 4.98. The van der Waals surface area contributed by atoms with E-state index in [9.17, 15) is 0 Å². The van der Waals surface area contributed by atoms with Crippen molar-refractivity contribution in [3.05, 3.63) is 0 Å². The van der Waals surface area contributed by atoms with E-state index in [1.807, 2.05) is 0 Å². The SMILES string of the molecule is CCN1CCC(CN)(N2C[C@@H](C)O[C@@H](C)C2)CC1. The van der Waals surface area contributed by atoms with Gasteiger partial charge in [-0.3, -0.25) is 4.90 Å². The van der Waals surface area contributed by atoms with Gasteiger partial charge in [0.05, 0.1) is 12.2 Å². The summed E-state index contributed by atoms with van der Waals surface area (Å²) in [6.07, 6.45) is 3.08. The molecule has 0 aromatic heterocycles. The summed E-state index contributed by atoms with van der Waals surface area (Å²) in [7, 11) is 0. The molecule has 2 rings (SSSR count). The highest BCUT2D eigenvalue weighted by Gasteiger charge is 2.41. The van der Waals surface area contributed by atoms with Gasteiger partial charge in [0, 0.05) is 25.2 Å². The molecule has 2 aliphatic heterocycles. The van der Waals surface area contributed by atoms with Crippen molar-refractivity contribution in [3.63, 3.8) is 0 Å². The van der Waals surface area contributed by atoms with Gasteiger partial charge in [0.1, 0.15) is 0 Å². The van der Waals surface area contributed by atoms with Crippen molar-refractivity contribution in [2.45, 2.75) is 51.4 Å². The topological polar surface area (TPSA) is 41.7 Å². The molecule has 2 heterocycles. The summed E-state index contributed by atoms with van der Waals surface area (Å²) in [5, 5.41) is 0. The molecule has 0 radical (unpaired) electrons. The third-order valence-corrected chi connectivity index (χ3v) is 4.70. The van der Waals surface area contributed by atoms with E-state index in [-0.39, 0.29) is 5.54 Å². The second-order valence-electron chi connectivity index (χ2n) is 6.03. The first kappa shape index (κ1) is 14.3. The molecule has 2 atom stereocenters. The van der Waals surface area contributed by atoms with Crippen LogP contribution in [0, 0.1) is 0 Å². The zero-order chi connectivity index (χ0) is 13.2. The molecule has 4 nitrogen and oxygen atoms in total. The molecule has 106 valence electrons. The number of likely N-dealkylation sites (tertiary alicyclic amines) is 1. The molecule has 2 N–H and O–H groups in total. The Balaban J connectivity index is 2.03. The maximum Gasteiger partial charge on any atom is 0.0678 e. The van der Waals surface area contributed by atoms with Crippen molar-refractivity contribution in [3.8, 4) is 0 Å². The van der Waals surface area contributed by atoms with E-state index in [0.717, 1.165) is 26.2 Å². The molecule has 2 fully saturated rings. The molecule has 0 aromatic rings. The zero-order valence-corrected chi connectivity index (χ0v) is 12.2. The highest BCUT2D eigenvalue weighted by Crippen LogP contribution is 2.30. The predicted molar refractivity (Wildman–Crippen MR) is 74.7 cm³/mol. The van der Waals surface area contributed by atoms with Crippen LogP contribution in [0.5, 0.6) is 0 Å². The Kier molecular flexibility index (Phi) is 4.64. The van der Waals surface area contributed by atoms with Crippen molar-refractivity contribution < 1.29 is 4.74 Å². The van der Waals surface area contributed by atoms with E-state index in [0.29, 0.717) is 12.2 Å². The Morgan fingerprint density at radius 3 is 2.17 bits per heavy atom. The summed E-state index contributed by atoms with van der Waals surface area (Å²) in [6, 6.07) is 0. The van der Waals surface area contributed by atoms with Crippen LogP contribution in [0.15, 0.2) is 0 Å². The molecule has 2 saturated heterocycles. The standard InChI is InChI=1S/C14H29N3O/c1-4-16-7-5-14(11-15,6-8-16)17-9-12(2)18-13(3)10-17/h12-13H,4-11,15H2,1-3H3/t12-,13+. The van der Waals surface area contributed by atoms with Gasteiger partial charge >= 0.3 is 0 Å². The van der Waals surface area contributed by atoms with Gasteiger partial charge in [0.2, 0.25) is 0 Å². The van der Waals surface area contributed by atoms with Crippen molar-refractivity contribution in [1.82, 2.24) is 9.80 Å². The Bertz CT molecular complexity index is 254. The molecule has 0 aromatic carbocycles. The molecular formula is C14H29N3O. The van der Waals surface area contributed by atoms with Gasteiger partial charge in [-0.1, -0.05) is 6.92 Å². The number of nitrogens with zero attached hydrogens (tertiary/aromatic N) is 2. The lowest BCUT2D eigenvalue weighted by Gasteiger charge is -2.51. The number of hydrogen-bond acceptors (Lipinski definition) is 4. The van der Waals surface area contributed by atoms with Crippen LogP contribution in [-0.4, -0.2) is 66.8 Å². The molecule has 0 amide bonds. The van der Waals surface area contributed by atoms with Gasteiger partial charge in [0.15, 0.2) is 0 Å². The Morgan fingerprint density at radius 2 is 1.72 bits per heavy atom. The number of morpholine rings is 1. The van der Waals surface area contributed by atoms with Crippen LogP contribution in [0.2, 0.25) is 0 Å². The Morgan fingerprint density at radius 1 is 1.17 bits per heavy atom. The summed E-state index contributed by atoms with van der Waals surface area (Å²) in [5.74, 6) is 0. The summed E-state index contributed by atoms with van der Waals surface area (Å²) in [6.45, 7) is 13.0. The van der Waals surface area contributed by atoms with E-state index < -0.39 is 0 Å². The summed E-state index contributed by atoms with van der Waals surface area (Å²) >= 11 is 0. The third-order valence-electron chi connectivity index (χ3n) is 4.70. The lowest BCUT2D eigenvalue weighted by molar-refractivity contribution is -0.111. The number of ether oxygens (including phenoxy) is 1. The number of piperidine rings is 1. The second-order valence-corrected chi connectivity index (χ2v) is 6.03. The number of nitrogens with two attached hydrogens (primary N) is 1. The zero-order valence-electron chi connectivity index (χ0n) is 12.2. The largest absolute Gasteiger partial charge is 0.373 e. The van der Waals surface area contributed by atoms with Crippen LogP contribution in [0.1, 0.15) is 33.6 Å². The average Bonchev–Trinajstić information content (AvgIpc) is 2.37. The number of hydrogen-bond donors (Lipinski definition) is 1. The fourth-order valence-corrected chi connectivity index (χ4v) is 3.50. The predicted octanol–water partition coefficient (Wildman–Crippen LogP) is 0.909. The average molecular weight is 255 g/mol. The van der Waals surface area contributed by atoms with Crippen molar-refractivity contribution in [2.24, 2.45) is 5.73 Å². The molecule has 0 aliphatic carbocycles. The first-order valence-electron chi connectivity index (χ1n) is 7.42. The molecule has 0 unspecified atom stereocenters. The van der Waals surface area contributed by atoms with Gasteiger partial charge in [-0.05, 0) is 46.3 Å². The fraction of sp³-hybridized carbons (Fsp3) is 1.00. The van der Waals surface area contributed by atoms with Crippen LogP contribution in [0.4, 0.5) is 0 Å². The fourth-order valence-electron chi connectivity index (χ4n) is 3.50. The van der Waals surface area contributed by atoms with Crippen LogP contribution < -0.4 is 5.73 Å². The molecule has 18 heavy (non-hydrogen) atoms. The first-order valence-corrected chi connectivity index (χ1v) is 7.42. The minimum absolute atomic E-state index is 0.220. The van der Waals surface area contributed by atoms with E-state index >= 15 is 0 Å². The van der Waals surface area contributed by atoms with Crippen LogP contribution in [-0.2, 0) is 4.74 Å². The molecular weight excluding hydrogens is 226 g/mol. The van der Waals surface area contributed by atoms with E-state index in [1.54, 1.807) is 0 Å². The Labute approximate surface area is 111 Å². The van der Waals surface area contributed by atoms with E-state index in [4.69, 9.17) is 10.5 Å². The normalized spacial score (nSPS) is 34.7. The molecule has 0 bridgehead atoms. The molecule has 2 aliphatic rings. The minimum Gasteiger partial charge on any atom is -0.373 e. The monoisotopic (exact) mass is 255 g/mol. The molecule has 0 spiro atoms. The molecule has 0 saturated carbocycles. The maximum atomic E-state index is 6.15. The van der Waals surface area contributed by atoms with Gasteiger partial charge in [-0.2, -0.15) is 0 Å². The maximum absolute atomic E-state index is 6.15. The minimum atomic E-state index is 0.220. The van der Waals surface area contributed by atoms with Crippen LogP contribution >= 0.6 is 0 Å². The molecule has 4 heteroatoms. The van der Waals surface area contributed by atoms with Gasteiger partial charge in [0.25, 0.3) is 0 Å². The quantitative estimate of drug-likeness (QED) is 0.814.